The summed E-state index contributed by atoms with van der Waals surface area (Å²) in [6, 6.07) is 3.66. The number of hydrogen-bond donors (Lipinski definition) is 0. The Labute approximate surface area is 136 Å². The van der Waals surface area contributed by atoms with Crippen molar-refractivity contribution in [3.05, 3.63) is 35.6 Å². The van der Waals surface area contributed by atoms with Gasteiger partial charge in [0.1, 0.15) is 11.5 Å². The molecule has 23 heavy (non-hydrogen) atoms. The molecule has 6 nitrogen and oxygen atoms in total. The van der Waals surface area contributed by atoms with E-state index < -0.39 is 0 Å². The van der Waals surface area contributed by atoms with E-state index in [1.807, 2.05) is 19.1 Å². The highest BCUT2D eigenvalue weighted by atomic mass is 16.6. The smallest absolute Gasteiger partial charge is 0.292 e. The molecule has 0 fully saturated rings. The van der Waals surface area contributed by atoms with Crippen LogP contribution in [-0.2, 0) is 16.1 Å². The van der Waals surface area contributed by atoms with E-state index in [-0.39, 0.29) is 17.7 Å². The quantitative estimate of drug-likeness (QED) is 0.362. The van der Waals surface area contributed by atoms with E-state index in [1.54, 1.807) is 26.0 Å². The summed E-state index contributed by atoms with van der Waals surface area (Å²) in [5.74, 6) is 1.19. The predicted molar refractivity (Wildman–Crippen MR) is 87.8 cm³/mol. The Morgan fingerprint density at radius 2 is 2.13 bits per heavy atom. The van der Waals surface area contributed by atoms with Crippen molar-refractivity contribution < 1.29 is 19.1 Å². The van der Waals surface area contributed by atoms with Gasteiger partial charge < -0.3 is 19.2 Å². The molecule has 1 aromatic rings. The minimum absolute atomic E-state index is 0.00544. The van der Waals surface area contributed by atoms with Crippen molar-refractivity contribution in [2.75, 3.05) is 20.8 Å². The molecule has 0 bridgehead atoms. The third-order valence-corrected chi connectivity index (χ3v) is 3.93. The number of rotatable bonds is 5. The molecule has 0 saturated carbocycles. The number of nitrogens with zero attached hydrogens (tertiary/aromatic N) is 2. The minimum atomic E-state index is -0.272. The first-order valence-corrected chi connectivity index (χ1v) is 7.43. The van der Waals surface area contributed by atoms with Crippen molar-refractivity contribution in [2.24, 2.45) is 5.16 Å². The fourth-order valence-electron chi connectivity index (χ4n) is 2.81. The molecule has 0 saturated heterocycles. The Hall–Kier alpha value is -2.50. The van der Waals surface area contributed by atoms with Gasteiger partial charge in [-0.3, -0.25) is 4.79 Å². The molecule has 0 aromatic heterocycles. The lowest BCUT2D eigenvalue weighted by atomic mass is 9.92. The van der Waals surface area contributed by atoms with E-state index in [1.165, 1.54) is 6.21 Å². The maximum Gasteiger partial charge on any atom is 0.292 e. The lowest BCUT2D eigenvalue weighted by Gasteiger charge is -2.36. The topological polar surface area (TPSA) is 60.4 Å². The second kappa shape index (κ2) is 7.17. The van der Waals surface area contributed by atoms with Crippen LogP contribution in [0, 0.1) is 0 Å². The first-order chi connectivity index (χ1) is 11.0. The van der Waals surface area contributed by atoms with Gasteiger partial charge in [-0.05, 0) is 38.5 Å². The second-order valence-corrected chi connectivity index (χ2v) is 5.21. The van der Waals surface area contributed by atoms with Gasteiger partial charge >= 0.3 is 0 Å². The van der Waals surface area contributed by atoms with Crippen LogP contribution in [0.25, 0.3) is 0 Å². The molecule has 0 spiro atoms. The lowest BCUT2D eigenvalue weighted by molar-refractivity contribution is -0.133. The standard InChI is InChI=1S/C17H22N2O4/c1-6-18-23-12(3)17(20)19-8-7-13-9-14(21-4)10-15(22-5)16(13)11(19)2/h6,9-11H,3,7-8H2,1-2,4-5H3/b18-6-. The van der Waals surface area contributed by atoms with E-state index in [0.29, 0.717) is 18.7 Å². The van der Waals surface area contributed by atoms with Gasteiger partial charge in [-0.2, -0.15) is 0 Å². The van der Waals surface area contributed by atoms with Crippen molar-refractivity contribution in [3.63, 3.8) is 0 Å². The summed E-state index contributed by atoms with van der Waals surface area (Å²) in [4.78, 5) is 19.2. The predicted octanol–water partition coefficient (Wildman–Crippen LogP) is 2.69. The summed E-state index contributed by atoms with van der Waals surface area (Å²) in [7, 11) is 3.24. The molecule has 0 N–H and O–H groups in total. The van der Waals surface area contributed by atoms with Crippen molar-refractivity contribution >= 4 is 12.1 Å². The van der Waals surface area contributed by atoms with E-state index in [9.17, 15) is 4.79 Å². The first kappa shape index (κ1) is 16.9. The Balaban J connectivity index is 2.31. The second-order valence-electron chi connectivity index (χ2n) is 5.21. The third kappa shape index (κ3) is 3.31. The third-order valence-electron chi connectivity index (χ3n) is 3.93. The Morgan fingerprint density at radius 3 is 2.74 bits per heavy atom. The van der Waals surface area contributed by atoms with Gasteiger partial charge in [0, 0.05) is 24.4 Å². The fourth-order valence-corrected chi connectivity index (χ4v) is 2.81. The highest BCUT2D eigenvalue weighted by Crippen LogP contribution is 2.39. The summed E-state index contributed by atoms with van der Waals surface area (Å²) in [5, 5.41) is 3.60. The van der Waals surface area contributed by atoms with E-state index in [0.717, 1.165) is 16.9 Å². The number of amides is 1. The van der Waals surface area contributed by atoms with Crippen LogP contribution in [0.4, 0.5) is 0 Å². The monoisotopic (exact) mass is 318 g/mol. The Morgan fingerprint density at radius 1 is 1.39 bits per heavy atom. The number of methoxy groups -OCH3 is 2. The number of hydrogen-bond acceptors (Lipinski definition) is 5. The van der Waals surface area contributed by atoms with Gasteiger partial charge in [0.05, 0.1) is 20.3 Å². The van der Waals surface area contributed by atoms with Gasteiger partial charge in [0.2, 0.25) is 5.76 Å². The largest absolute Gasteiger partial charge is 0.497 e. The number of ether oxygens (including phenoxy) is 2. The molecule has 1 aliphatic heterocycles. The fraction of sp³-hybridized carbons (Fsp3) is 0.412. The van der Waals surface area contributed by atoms with Crippen LogP contribution in [0.5, 0.6) is 11.5 Å². The molecule has 6 heteroatoms. The molecular weight excluding hydrogens is 296 g/mol. The summed E-state index contributed by atoms with van der Waals surface area (Å²) in [6.07, 6.45) is 2.17. The molecule has 1 amide bonds. The van der Waals surface area contributed by atoms with Crippen molar-refractivity contribution in [1.29, 1.82) is 0 Å². The van der Waals surface area contributed by atoms with Crippen LogP contribution in [0.1, 0.15) is 31.0 Å². The summed E-state index contributed by atoms with van der Waals surface area (Å²) in [6.45, 7) is 7.88. The van der Waals surface area contributed by atoms with Gasteiger partial charge in [0.15, 0.2) is 0 Å². The zero-order chi connectivity index (χ0) is 17.0. The highest BCUT2D eigenvalue weighted by molar-refractivity contribution is 5.91. The summed E-state index contributed by atoms with van der Waals surface area (Å²) >= 11 is 0. The number of oxime groups is 1. The molecule has 124 valence electrons. The van der Waals surface area contributed by atoms with Crippen LogP contribution in [-0.4, -0.2) is 37.8 Å². The molecule has 1 aliphatic rings. The number of carbonyl (C=O) groups is 1. The average molecular weight is 318 g/mol. The van der Waals surface area contributed by atoms with Crippen LogP contribution < -0.4 is 9.47 Å². The van der Waals surface area contributed by atoms with Crippen LogP contribution in [0.15, 0.2) is 29.6 Å². The Kier molecular flexibility index (Phi) is 5.26. The summed E-state index contributed by atoms with van der Waals surface area (Å²) in [5.41, 5.74) is 2.11. The van der Waals surface area contributed by atoms with Crippen LogP contribution in [0.3, 0.4) is 0 Å². The Bertz CT molecular complexity index is 622. The van der Waals surface area contributed by atoms with Gasteiger partial charge in [0.25, 0.3) is 5.91 Å². The molecule has 1 heterocycles. The van der Waals surface area contributed by atoms with Crippen molar-refractivity contribution in [3.8, 4) is 11.5 Å². The molecule has 2 rings (SSSR count). The van der Waals surface area contributed by atoms with E-state index in [2.05, 4.69) is 11.7 Å². The highest BCUT2D eigenvalue weighted by Gasteiger charge is 2.32. The number of fused-ring (bicyclic) bond motifs is 1. The van der Waals surface area contributed by atoms with Crippen molar-refractivity contribution in [1.82, 2.24) is 4.90 Å². The molecular formula is C17H22N2O4. The minimum Gasteiger partial charge on any atom is -0.497 e. The summed E-state index contributed by atoms with van der Waals surface area (Å²) < 4.78 is 10.8. The number of carbonyl (C=O) groups excluding carboxylic acids is 1. The van der Waals surface area contributed by atoms with Gasteiger partial charge in [-0.25, -0.2) is 0 Å². The number of benzene rings is 1. The lowest BCUT2D eigenvalue weighted by Crippen LogP contribution is -2.39. The van der Waals surface area contributed by atoms with Crippen molar-refractivity contribution in [2.45, 2.75) is 26.3 Å². The first-order valence-electron chi connectivity index (χ1n) is 7.43. The zero-order valence-electron chi connectivity index (χ0n) is 14.0. The average Bonchev–Trinajstić information content (AvgIpc) is 2.58. The van der Waals surface area contributed by atoms with E-state index >= 15 is 0 Å². The van der Waals surface area contributed by atoms with Crippen LogP contribution in [0.2, 0.25) is 0 Å². The molecule has 0 radical (unpaired) electrons. The van der Waals surface area contributed by atoms with Gasteiger partial charge in [-0.15, -0.1) is 0 Å². The maximum absolute atomic E-state index is 12.5. The van der Waals surface area contributed by atoms with Crippen LogP contribution >= 0.6 is 0 Å². The SMILES string of the molecule is C=C(O/N=C\C)C(=O)N1CCc2cc(OC)cc(OC)c2C1C. The molecule has 0 aliphatic carbocycles. The zero-order valence-corrected chi connectivity index (χ0v) is 14.0. The molecule has 1 atom stereocenters. The normalized spacial score (nSPS) is 16.9. The van der Waals surface area contributed by atoms with Gasteiger partial charge in [-0.1, -0.05) is 5.16 Å². The maximum atomic E-state index is 12.5. The van der Waals surface area contributed by atoms with E-state index in [4.69, 9.17) is 14.3 Å². The molecule has 1 aromatic carbocycles. The molecule has 1 unspecified atom stereocenters.